The van der Waals surface area contributed by atoms with Gasteiger partial charge < -0.3 is 9.64 Å². The molecule has 0 amide bonds. The summed E-state index contributed by atoms with van der Waals surface area (Å²) in [5, 5.41) is 0.758. The predicted molar refractivity (Wildman–Crippen MR) is 66.4 cm³/mol. The molecule has 1 aromatic rings. The molecule has 16 heavy (non-hydrogen) atoms. The summed E-state index contributed by atoms with van der Waals surface area (Å²) in [6, 6.07) is 7.58. The summed E-state index contributed by atoms with van der Waals surface area (Å²) < 4.78 is 5.68. The fourth-order valence-corrected chi connectivity index (χ4v) is 2.27. The van der Waals surface area contributed by atoms with Crippen molar-refractivity contribution in [3.8, 4) is 5.75 Å². The first-order valence-corrected chi connectivity index (χ1v) is 6.44. The monoisotopic (exact) mass is 240 g/mol. The first kappa shape index (κ1) is 11.7. The van der Waals surface area contributed by atoms with Gasteiger partial charge in [-0.15, -0.1) is 0 Å². The second kappa shape index (κ2) is 6.12. The summed E-state index contributed by atoms with van der Waals surface area (Å²) in [6.45, 7) is 4.54. The van der Waals surface area contributed by atoms with Crippen molar-refractivity contribution < 1.29 is 9.64 Å². The highest BCUT2D eigenvalue weighted by atomic mass is 35.5. The fraction of sp³-hybridized carbons (Fsp3) is 0.538. The highest BCUT2D eigenvalue weighted by Crippen LogP contribution is 2.14. The summed E-state index contributed by atoms with van der Waals surface area (Å²) in [4.78, 5) is 1.68. The maximum atomic E-state index is 5.81. The number of nitrogens with one attached hydrogen (secondary N) is 1. The molecule has 0 saturated carbocycles. The van der Waals surface area contributed by atoms with Crippen molar-refractivity contribution in [2.75, 3.05) is 26.2 Å². The number of quaternary nitrogens is 1. The predicted octanol–water partition coefficient (Wildman–Crippen LogP) is 1.79. The van der Waals surface area contributed by atoms with Crippen LogP contribution in [0.2, 0.25) is 5.02 Å². The van der Waals surface area contributed by atoms with Crippen LogP contribution in [0, 0.1) is 0 Å². The van der Waals surface area contributed by atoms with Crippen LogP contribution in [0.25, 0.3) is 0 Å². The van der Waals surface area contributed by atoms with Crippen molar-refractivity contribution in [3.63, 3.8) is 0 Å². The minimum Gasteiger partial charge on any atom is -0.488 e. The van der Waals surface area contributed by atoms with Gasteiger partial charge in [0.25, 0.3) is 0 Å². The number of likely N-dealkylation sites (tertiary alicyclic amines) is 1. The zero-order valence-electron chi connectivity index (χ0n) is 9.55. The second-order valence-electron chi connectivity index (χ2n) is 4.36. The number of piperidine rings is 1. The van der Waals surface area contributed by atoms with Gasteiger partial charge in [-0.05, 0) is 43.5 Å². The van der Waals surface area contributed by atoms with Crippen LogP contribution in [-0.4, -0.2) is 26.2 Å². The van der Waals surface area contributed by atoms with Gasteiger partial charge in [-0.3, -0.25) is 0 Å². The van der Waals surface area contributed by atoms with E-state index in [2.05, 4.69) is 0 Å². The van der Waals surface area contributed by atoms with Gasteiger partial charge in [0, 0.05) is 5.02 Å². The van der Waals surface area contributed by atoms with E-state index in [-0.39, 0.29) is 0 Å². The van der Waals surface area contributed by atoms with Crippen molar-refractivity contribution in [2.24, 2.45) is 0 Å². The minimum atomic E-state index is 0.758. The van der Waals surface area contributed by atoms with Crippen molar-refractivity contribution in [1.82, 2.24) is 0 Å². The molecule has 3 heteroatoms. The Morgan fingerprint density at radius 2 is 1.75 bits per heavy atom. The molecule has 1 fully saturated rings. The third-order valence-corrected chi connectivity index (χ3v) is 3.35. The zero-order chi connectivity index (χ0) is 11.2. The summed E-state index contributed by atoms with van der Waals surface area (Å²) in [6.07, 6.45) is 4.15. The summed E-state index contributed by atoms with van der Waals surface area (Å²) >= 11 is 5.81. The second-order valence-corrected chi connectivity index (χ2v) is 4.80. The van der Waals surface area contributed by atoms with E-state index in [1.807, 2.05) is 24.3 Å². The first-order chi connectivity index (χ1) is 7.84. The van der Waals surface area contributed by atoms with Gasteiger partial charge in [0.15, 0.2) is 0 Å². The lowest BCUT2D eigenvalue weighted by atomic mass is 10.1. The number of ether oxygens (including phenoxy) is 1. The zero-order valence-corrected chi connectivity index (χ0v) is 10.3. The average Bonchev–Trinajstić information content (AvgIpc) is 2.33. The highest BCUT2D eigenvalue weighted by Gasteiger charge is 2.12. The maximum Gasteiger partial charge on any atom is 0.137 e. The molecule has 0 radical (unpaired) electrons. The van der Waals surface area contributed by atoms with E-state index in [0.29, 0.717) is 0 Å². The topological polar surface area (TPSA) is 13.7 Å². The number of hydrogen-bond acceptors (Lipinski definition) is 1. The lowest BCUT2D eigenvalue weighted by Gasteiger charge is -2.23. The molecule has 1 aliphatic heterocycles. The van der Waals surface area contributed by atoms with E-state index < -0.39 is 0 Å². The third kappa shape index (κ3) is 3.69. The van der Waals surface area contributed by atoms with E-state index >= 15 is 0 Å². The molecule has 1 aromatic carbocycles. The van der Waals surface area contributed by atoms with Gasteiger partial charge in [-0.25, -0.2) is 0 Å². The lowest BCUT2D eigenvalue weighted by Crippen LogP contribution is -3.13. The maximum absolute atomic E-state index is 5.81. The van der Waals surface area contributed by atoms with E-state index in [9.17, 15) is 0 Å². The Balaban J connectivity index is 1.69. The van der Waals surface area contributed by atoms with Crippen LogP contribution in [0.5, 0.6) is 5.75 Å². The third-order valence-electron chi connectivity index (χ3n) is 3.10. The SMILES string of the molecule is Clc1ccc(OCC[NH+]2CCCCC2)cc1. The molecule has 2 rings (SSSR count). The Kier molecular flexibility index (Phi) is 4.49. The Morgan fingerprint density at radius 1 is 1.06 bits per heavy atom. The first-order valence-electron chi connectivity index (χ1n) is 6.06. The van der Waals surface area contributed by atoms with Crippen molar-refractivity contribution >= 4 is 11.6 Å². The Hall–Kier alpha value is -0.730. The van der Waals surface area contributed by atoms with Crippen LogP contribution in [0.1, 0.15) is 19.3 Å². The lowest BCUT2D eigenvalue weighted by molar-refractivity contribution is -0.904. The van der Waals surface area contributed by atoms with Gasteiger partial charge in [0.2, 0.25) is 0 Å². The molecule has 1 heterocycles. The van der Waals surface area contributed by atoms with Gasteiger partial charge in [-0.1, -0.05) is 11.6 Å². The molecule has 88 valence electrons. The van der Waals surface area contributed by atoms with E-state index in [4.69, 9.17) is 16.3 Å². The summed E-state index contributed by atoms with van der Waals surface area (Å²) in [5.74, 6) is 0.917. The van der Waals surface area contributed by atoms with Crippen molar-refractivity contribution in [1.29, 1.82) is 0 Å². The smallest absolute Gasteiger partial charge is 0.137 e. The number of halogens is 1. The molecule has 1 saturated heterocycles. The molecule has 0 bridgehead atoms. The normalized spacial score (nSPS) is 17.3. The average molecular weight is 241 g/mol. The van der Waals surface area contributed by atoms with Crippen LogP contribution >= 0.6 is 11.6 Å². The van der Waals surface area contributed by atoms with Gasteiger partial charge in [-0.2, -0.15) is 0 Å². The Morgan fingerprint density at radius 3 is 2.44 bits per heavy atom. The largest absolute Gasteiger partial charge is 0.488 e. The number of rotatable bonds is 4. The molecule has 0 aromatic heterocycles. The Bertz CT molecular complexity index is 306. The minimum absolute atomic E-state index is 0.758. The molecule has 1 N–H and O–H groups in total. The van der Waals surface area contributed by atoms with E-state index in [1.165, 1.54) is 32.4 Å². The van der Waals surface area contributed by atoms with Crippen LogP contribution < -0.4 is 9.64 Å². The quantitative estimate of drug-likeness (QED) is 0.847. The van der Waals surface area contributed by atoms with Gasteiger partial charge in [0.1, 0.15) is 18.9 Å². The molecular weight excluding hydrogens is 222 g/mol. The van der Waals surface area contributed by atoms with E-state index in [0.717, 1.165) is 23.9 Å². The molecular formula is C13H19ClNO+. The Labute approximate surface area is 102 Å². The standard InChI is InChI=1S/C13H18ClNO/c14-12-4-6-13(7-5-12)16-11-10-15-8-2-1-3-9-15/h4-7H,1-3,8-11H2/p+1. The van der Waals surface area contributed by atoms with Gasteiger partial charge >= 0.3 is 0 Å². The fourth-order valence-electron chi connectivity index (χ4n) is 2.15. The van der Waals surface area contributed by atoms with Crippen LogP contribution in [0.15, 0.2) is 24.3 Å². The van der Waals surface area contributed by atoms with E-state index in [1.54, 1.807) is 4.90 Å². The number of hydrogen-bond donors (Lipinski definition) is 1. The van der Waals surface area contributed by atoms with Crippen molar-refractivity contribution in [3.05, 3.63) is 29.3 Å². The molecule has 0 spiro atoms. The molecule has 0 unspecified atom stereocenters. The summed E-state index contributed by atoms with van der Waals surface area (Å²) in [7, 11) is 0. The molecule has 1 aliphatic rings. The van der Waals surface area contributed by atoms with Crippen LogP contribution in [0.3, 0.4) is 0 Å². The number of benzene rings is 1. The molecule has 2 nitrogen and oxygen atoms in total. The van der Waals surface area contributed by atoms with Crippen LogP contribution in [0.4, 0.5) is 0 Å². The molecule has 0 aliphatic carbocycles. The van der Waals surface area contributed by atoms with Gasteiger partial charge in [0.05, 0.1) is 13.1 Å². The summed E-state index contributed by atoms with van der Waals surface area (Å²) in [5.41, 5.74) is 0. The molecule has 0 atom stereocenters. The highest BCUT2D eigenvalue weighted by molar-refractivity contribution is 6.30. The van der Waals surface area contributed by atoms with Crippen LogP contribution in [-0.2, 0) is 0 Å². The van der Waals surface area contributed by atoms with Crippen molar-refractivity contribution in [2.45, 2.75) is 19.3 Å².